The zero-order chi connectivity index (χ0) is 16.4. The van der Waals surface area contributed by atoms with E-state index in [0.29, 0.717) is 5.69 Å². The van der Waals surface area contributed by atoms with Gasteiger partial charge in [0.1, 0.15) is 5.76 Å². The molecule has 0 fully saturated rings. The summed E-state index contributed by atoms with van der Waals surface area (Å²) in [6.45, 7) is 0. The summed E-state index contributed by atoms with van der Waals surface area (Å²) in [7, 11) is 0. The molecule has 0 bridgehead atoms. The molecule has 5 nitrogen and oxygen atoms in total. The fourth-order valence-corrected chi connectivity index (χ4v) is 2.58. The standard InChI is InChI=1S/C19H16N4O/c20-17-11-14(19-5-2-10-24-19)6-7-18(17)22-15-3-1-4-16(12-15)23-9-8-21-13-23/h1-13,22H,20H2. The van der Waals surface area contributed by atoms with Crippen molar-refractivity contribution >= 4 is 17.1 Å². The minimum atomic E-state index is 0.664. The van der Waals surface area contributed by atoms with Crippen LogP contribution in [0.15, 0.2) is 84.0 Å². The second kappa shape index (κ2) is 5.96. The third kappa shape index (κ3) is 2.75. The maximum Gasteiger partial charge on any atom is 0.133 e. The second-order valence-electron chi connectivity index (χ2n) is 5.42. The fourth-order valence-electron chi connectivity index (χ4n) is 2.58. The highest BCUT2D eigenvalue weighted by Gasteiger charge is 2.06. The molecular formula is C19H16N4O. The number of hydrogen-bond acceptors (Lipinski definition) is 4. The molecule has 0 aliphatic rings. The van der Waals surface area contributed by atoms with Gasteiger partial charge in [-0.25, -0.2) is 4.98 Å². The molecule has 3 N–H and O–H groups in total. The van der Waals surface area contributed by atoms with Gasteiger partial charge in [-0.3, -0.25) is 0 Å². The Morgan fingerprint density at radius 3 is 2.75 bits per heavy atom. The van der Waals surface area contributed by atoms with E-state index in [1.54, 1.807) is 18.8 Å². The Balaban J connectivity index is 1.61. The number of imidazole rings is 1. The van der Waals surface area contributed by atoms with Gasteiger partial charge in [0.05, 0.1) is 24.0 Å². The quantitative estimate of drug-likeness (QED) is 0.545. The number of rotatable bonds is 4. The van der Waals surface area contributed by atoms with E-state index < -0.39 is 0 Å². The Kier molecular flexibility index (Phi) is 3.51. The molecule has 0 saturated heterocycles. The summed E-state index contributed by atoms with van der Waals surface area (Å²) in [5.41, 5.74) is 10.6. The number of nitrogens with zero attached hydrogens (tertiary/aromatic N) is 2. The Labute approximate surface area is 139 Å². The molecule has 2 heterocycles. The molecule has 0 saturated carbocycles. The number of nitrogen functional groups attached to an aromatic ring is 1. The van der Waals surface area contributed by atoms with Gasteiger partial charge in [0.15, 0.2) is 0 Å². The summed E-state index contributed by atoms with van der Waals surface area (Å²) in [5.74, 6) is 0.801. The van der Waals surface area contributed by atoms with Crippen molar-refractivity contribution in [1.82, 2.24) is 9.55 Å². The summed E-state index contributed by atoms with van der Waals surface area (Å²) < 4.78 is 7.36. The Hall–Kier alpha value is -3.47. The van der Waals surface area contributed by atoms with Crippen LogP contribution in [0.4, 0.5) is 17.1 Å². The molecule has 4 rings (SSSR count). The number of furan rings is 1. The van der Waals surface area contributed by atoms with Crippen LogP contribution >= 0.6 is 0 Å². The van der Waals surface area contributed by atoms with E-state index >= 15 is 0 Å². The zero-order valence-corrected chi connectivity index (χ0v) is 12.9. The number of aromatic nitrogens is 2. The van der Waals surface area contributed by atoms with Gasteiger partial charge in [-0.15, -0.1) is 0 Å². The molecule has 2 aromatic heterocycles. The number of nitrogens with two attached hydrogens (primary N) is 1. The molecule has 0 radical (unpaired) electrons. The third-order valence-corrected chi connectivity index (χ3v) is 3.78. The van der Waals surface area contributed by atoms with Gasteiger partial charge in [0.25, 0.3) is 0 Å². The maximum absolute atomic E-state index is 6.19. The summed E-state index contributed by atoms with van der Waals surface area (Å²) >= 11 is 0. The van der Waals surface area contributed by atoms with Crippen LogP contribution in [-0.4, -0.2) is 9.55 Å². The van der Waals surface area contributed by atoms with E-state index in [1.165, 1.54) is 0 Å². The van der Waals surface area contributed by atoms with Gasteiger partial charge in [0, 0.05) is 29.3 Å². The molecule has 0 spiro atoms. The number of nitrogens with one attached hydrogen (secondary N) is 1. The van der Waals surface area contributed by atoms with Gasteiger partial charge < -0.3 is 20.0 Å². The van der Waals surface area contributed by atoms with Gasteiger partial charge in [-0.1, -0.05) is 6.07 Å². The zero-order valence-electron chi connectivity index (χ0n) is 12.9. The van der Waals surface area contributed by atoms with Crippen LogP contribution in [0, 0.1) is 0 Å². The average molecular weight is 316 g/mol. The van der Waals surface area contributed by atoms with Crippen LogP contribution in [0.2, 0.25) is 0 Å². The van der Waals surface area contributed by atoms with Crippen molar-refractivity contribution in [2.45, 2.75) is 0 Å². The molecule has 0 aliphatic heterocycles. The lowest BCUT2D eigenvalue weighted by Crippen LogP contribution is -1.98. The van der Waals surface area contributed by atoms with Crippen LogP contribution in [0.3, 0.4) is 0 Å². The van der Waals surface area contributed by atoms with Crippen LogP contribution in [0.1, 0.15) is 0 Å². The van der Waals surface area contributed by atoms with E-state index in [0.717, 1.165) is 28.4 Å². The van der Waals surface area contributed by atoms with E-state index in [9.17, 15) is 0 Å². The summed E-state index contributed by atoms with van der Waals surface area (Å²) in [5, 5.41) is 3.36. The molecule has 0 aliphatic carbocycles. The normalized spacial score (nSPS) is 10.7. The van der Waals surface area contributed by atoms with Crippen LogP contribution in [0.5, 0.6) is 0 Å². The first-order valence-corrected chi connectivity index (χ1v) is 7.58. The molecule has 118 valence electrons. The highest BCUT2D eigenvalue weighted by Crippen LogP contribution is 2.29. The molecular weight excluding hydrogens is 300 g/mol. The van der Waals surface area contributed by atoms with Crippen molar-refractivity contribution in [1.29, 1.82) is 0 Å². The number of benzene rings is 2. The predicted molar refractivity (Wildman–Crippen MR) is 95.4 cm³/mol. The minimum Gasteiger partial charge on any atom is -0.464 e. The monoisotopic (exact) mass is 316 g/mol. The Bertz CT molecular complexity index is 943. The first kappa shape index (κ1) is 14.1. The molecule has 0 atom stereocenters. The Morgan fingerprint density at radius 2 is 2.00 bits per heavy atom. The van der Waals surface area contributed by atoms with Gasteiger partial charge in [0.2, 0.25) is 0 Å². The molecule has 0 amide bonds. The van der Waals surface area contributed by atoms with E-state index in [4.69, 9.17) is 10.2 Å². The lowest BCUT2D eigenvalue weighted by Gasteiger charge is -2.12. The third-order valence-electron chi connectivity index (χ3n) is 3.78. The molecule has 4 aromatic rings. The van der Waals surface area contributed by atoms with Crippen molar-refractivity contribution in [2.24, 2.45) is 0 Å². The van der Waals surface area contributed by atoms with E-state index in [2.05, 4.69) is 10.3 Å². The van der Waals surface area contributed by atoms with Crippen LogP contribution in [-0.2, 0) is 0 Å². The largest absolute Gasteiger partial charge is 0.464 e. The highest BCUT2D eigenvalue weighted by molar-refractivity contribution is 5.78. The van der Waals surface area contributed by atoms with Crippen LogP contribution < -0.4 is 11.1 Å². The van der Waals surface area contributed by atoms with Gasteiger partial charge >= 0.3 is 0 Å². The van der Waals surface area contributed by atoms with Crippen molar-refractivity contribution < 1.29 is 4.42 Å². The van der Waals surface area contributed by atoms with Crippen molar-refractivity contribution in [3.8, 4) is 17.0 Å². The van der Waals surface area contributed by atoms with E-state index in [1.807, 2.05) is 65.4 Å². The molecule has 0 unspecified atom stereocenters. The second-order valence-corrected chi connectivity index (χ2v) is 5.42. The first-order valence-electron chi connectivity index (χ1n) is 7.58. The van der Waals surface area contributed by atoms with Crippen molar-refractivity contribution in [2.75, 3.05) is 11.1 Å². The molecule has 24 heavy (non-hydrogen) atoms. The summed E-state index contributed by atoms with van der Waals surface area (Å²) in [6, 6.07) is 17.7. The first-order chi connectivity index (χ1) is 11.8. The smallest absolute Gasteiger partial charge is 0.133 e. The summed E-state index contributed by atoms with van der Waals surface area (Å²) in [6.07, 6.45) is 7.09. The molecule has 5 heteroatoms. The van der Waals surface area contributed by atoms with Crippen molar-refractivity contribution in [3.63, 3.8) is 0 Å². The summed E-state index contributed by atoms with van der Waals surface area (Å²) in [4.78, 5) is 4.07. The van der Waals surface area contributed by atoms with E-state index in [-0.39, 0.29) is 0 Å². The van der Waals surface area contributed by atoms with Gasteiger partial charge in [-0.2, -0.15) is 0 Å². The topological polar surface area (TPSA) is 69.0 Å². The predicted octanol–water partition coefficient (Wildman–Crippen LogP) is 4.46. The fraction of sp³-hybridized carbons (Fsp3) is 0. The minimum absolute atomic E-state index is 0.664. The van der Waals surface area contributed by atoms with Gasteiger partial charge in [-0.05, 0) is 48.5 Å². The lowest BCUT2D eigenvalue weighted by molar-refractivity contribution is 0.582. The highest BCUT2D eigenvalue weighted by atomic mass is 16.3. The van der Waals surface area contributed by atoms with Crippen molar-refractivity contribution in [3.05, 3.63) is 79.6 Å². The SMILES string of the molecule is Nc1cc(-c2ccco2)ccc1Nc1cccc(-n2ccnc2)c1. The Morgan fingerprint density at radius 1 is 1.04 bits per heavy atom. The maximum atomic E-state index is 6.19. The number of anilines is 3. The molecule has 2 aromatic carbocycles. The lowest BCUT2D eigenvalue weighted by atomic mass is 10.1. The number of hydrogen-bond donors (Lipinski definition) is 2. The van der Waals surface area contributed by atoms with Crippen LogP contribution in [0.25, 0.3) is 17.0 Å². The average Bonchev–Trinajstić information content (AvgIpc) is 3.31.